The van der Waals surface area contributed by atoms with Gasteiger partial charge in [-0.2, -0.15) is 5.26 Å². The lowest BCUT2D eigenvalue weighted by Gasteiger charge is -2.21. The topological polar surface area (TPSA) is 47.3 Å². The second-order valence-corrected chi connectivity index (χ2v) is 4.62. The quantitative estimate of drug-likeness (QED) is 0.837. The molecule has 0 heterocycles. The number of halogens is 1. The molecular weight excluding hydrogens is 255 g/mol. The first-order valence-electron chi connectivity index (χ1n) is 6.60. The average Bonchev–Trinajstić information content (AvgIpc) is 2.46. The van der Waals surface area contributed by atoms with Crippen LogP contribution in [0.3, 0.4) is 0 Å². The Morgan fingerprint density at radius 1 is 1.45 bits per heavy atom. The summed E-state index contributed by atoms with van der Waals surface area (Å²) < 4.78 is 14.0. The van der Waals surface area contributed by atoms with Crippen LogP contribution >= 0.6 is 0 Å². The molecule has 0 saturated carbocycles. The minimum Gasteiger partial charge on any atom is -0.384 e. The van der Waals surface area contributed by atoms with Gasteiger partial charge in [-0.05, 0) is 25.6 Å². The molecule has 0 fully saturated rings. The largest absolute Gasteiger partial charge is 0.384 e. The van der Waals surface area contributed by atoms with Crippen molar-refractivity contribution in [1.29, 1.82) is 5.26 Å². The van der Waals surface area contributed by atoms with Gasteiger partial charge in [0.1, 0.15) is 12.4 Å². The Labute approximate surface area is 119 Å². The van der Waals surface area contributed by atoms with Gasteiger partial charge in [0, 0.05) is 24.2 Å². The van der Waals surface area contributed by atoms with Crippen LogP contribution in [0.5, 0.6) is 0 Å². The van der Waals surface area contributed by atoms with Gasteiger partial charge in [-0.3, -0.25) is 4.90 Å². The van der Waals surface area contributed by atoms with Crippen molar-refractivity contribution in [1.82, 2.24) is 4.90 Å². The number of aliphatic hydroxyl groups is 1. The van der Waals surface area contributed by atoms with E-state index in [1.165, 1.54) is 6.07 Å². The number of nitrogens with zero attached hydrogens (tertiary/aromatic N) is 2. The predicted octanol–water partition coefficient (Wildman–Crippen LogP) is 2.15. The Kier molecular flexibility index (Phi) is 6.73. The van der Waals surface area contributed by atoms with Crippen molar-refractivity contribution in [3.8, 4) is 17.9 Å². The summed E-state index contributed by atoms with van der Waals surface area (Å²) in [4.78, 5) is 2.03. The van der Waals surface area contributed by atoms with Crippen molar-refractivity contribution in [2.75, 3.05) is 19.7 Å². The molecule has 3 nitrogen and oxygen atoms in total. The second-order valence-electron chi connectivity index (χ2n) is 4.62. The summed E-state index contributed by atoms with van der Waals surface area (Å²) in [5.41, 5.74) is 1.14. The van der Waals surface area contributed by atoms with Crippen molar-refractivity contribution < 1.29 is 9.50 Å². The van der Waals surface area contributed by atoms with Crippen LogP contribution in [0, 0.1) is 34.9 Å². The monoisotopic (exact) mass is 274 g/mol. The van der Waals surface area contributed by atoms with Gasteiger partial charge in [-0.15, -0.1) is 0 Å². The Hall–Kier alpha value is -1.88. The zero-order valence-electron chi connectivity index (χ0n) is 11.9. The van der Waals surface area contributed by atoms with E-state index < -0.39 is 0 Å². The lowest BCUT2D eigenvalue weighted by atomic mass is 10.1. The molecule has 1 rings (SSSR count). The molecule has 0 spiro atoms. The highest BCUT2D eigenvalue weighted by Crippen LogP contribution is 2.13. The molecule has 0 aromatic heterocycles. The fraction of sp³-hybridized carbons (Fsp3) is 0.438. The molecule has 20 heavy (non-hydrogen) atoms. The molecule has 0 amide bonds. The third kappa shape index (κ3) is 5.01. The highest BCUT2D eigenvalue weighted by molar-refractivity contribution is 5.37. The van der Waals surface area contributed by atoms with Gasteiger partial charge >= 0.3 is 0 Å². The predicted molar refractivity (Wildman–Crippen MR) is 76.1 cm³/mol. The fourth-order valence-corrected chi connectivity index (χ4v) is 1.87. The molecule has 0 aliphatic heterocycles. The van der Waals surface area contributed by atoms with Gasteiger partial charge in [0.2, 0.25) is 0 Å². The number of aliphatic hydroxyl groups excluding tert-OH is 1. The molecule has 1 aromatic rings. The van der Waals surface area contributed by atoms with Crippen LogP contribution in [-0.4, -0.2) is 29.7 Å². The fourth-order valence-electron chi connectivity index (χ4n) is 1.87. The Morgan fingerprint density at radius 3 is 2.75 bits per heavy atom. The SMILES string of the molecule is CCN(Cc1ccc(C#CCO)cc1F)CC(C)C#N. The molecule has 0 bridgehead atoms. The number of rotatable bonds is 5. The van der Waals surface area contributed by atoms with Crippen molar-refractivity contribution in [2.24, 2.45) is 5.92 Å². The zero-order valence-corrected chi connectivity index (χ0v) is 11.9. The van der Waals surface area contributed by atoms with Crippen molar-refractivity contribution in [3.63, 3.8) is 0 Å². The van der Waals surface area contributed by atoms with Gasteiger partial charge in [0.05, 0.1) is 12.0 Å². The lowest BCUT2D eigenvalue weighted by molar-refractivity contribution is 0.257. The summed E-state index contributed by atoms with van der Waals surface area (Å²) in [7, 11) is 0. The van der Waals surface area contributed by atoms with Gasteiger partial charge in [0.25, 0.3) is 0 Å². The van der Waals surface area contributed by atoms with Crippen LogP contribution < -0.4 is 0 Å². The van der Waals surface area contributed by atoms with Crippen LogP contribution in [0.4, 0.5) is 4.39 Å². The van der Waals surface area contributed by atoms with Gasteiger partial charge in [-0.25, -0.2) is 4.39 Å². The van der Waals surface area contributed by atoms with E-state index in [-0.39, 0.29) is 18.3 Å². The zero-order chi connectivity index (χ0) is 15.0. The van der Waals surface area contributed by atoms with Crippen LogP contribution in [0.25, 0.3) is 0 Å². The molecule has 0 saturated heterocycles. The van der Waals surface area contributed by atoms with E-state index in [2.05, 4.69) is 17.9 Å². The second kappa shape index (κ2) is 8.32. The van der Waals surface area contributed by atoms with Crippen molar-refractivity contribution in [3.05, 3.63) is 35.1 Å². The van der Waals surface area contributed by atoms with Crippen molar-refractivity contribution >= 4 is 0 Å². The molecule has 1 N–H and O–H groups in total. The Morgan fingerprint density at radius 2 is 2.20 bits per heavy atom. The molecule has 1 unspecified atom stereocenters. The summed E-state index contributed by atoms with van der Waals surface area (Å²) in [6.45, 7) is 5.47. The van der Waals surface area contributed by atoms with Crippen LogP contribution in [0.1, 0.15) is 25.0 Å². The maximum atomic E-state index is 14.0. The normalized spacial score (nSPS) is 11.6. The average molecular weight is 274 g/mol. The summed E-state index contributed by atoms with van der Waals surface area (Å²) in [6.07, 6.45) is 0. The third-order valence-corrected chi connectivity index (χ3v) is 2.96. The number of hydrogen-bond donors (Lipinski definition) is 1. The number of benzene rings is 1. The van der Waals surface area contributed by atoms with E-state index in [9.17, 15) is 4.39 Å². The summed E-state index contributed by atoms with van der Waals surface area (Å²) >= 11 is 0. The minimum atomic E-state index is -0.308. The molecule has 4 heteroatoms. The molecule has 1 aromatic carbocycles. The number of nitriles is 1. The van der Waals surface area contributed by atoms with E-state index in [4.69, 9.17) is 10.4 Å². The molecule has 0 aliphatic carbocycles. The minimum absolute atomic E-state index is 0.0762. The standard InChI is InChI=1S/C16H19FN2O/c1-3-19(11-13(2)10-18)12-15-7-6-14(5-4-8-20)9-16(15)17/h6-7,9,13,20H,3,8,11-12H2,1-2H3. The van der Waals surface area contributed by atoms with E-state index in [0.717, 1.165) is 6.54 Å². The highest BCUT2D eigenvalue weighted by Gasteiger charge is 2.11. The smallest absolute Gasteiger partial charge is 0.128 e. The number of hydrogen-bond acceptors (Lipinski definition) is 3. The van der Waals surface area contributed by atoms with Gasteiger partial charge < -0.3 is 5.11 Å². The van der Waals surface area contributed by atoms with Crippen LogP contribution in [-0.2, 0) is 6.54 Å². The van der Waals surface area contributed by atoms with E-state index >= 15 is 0 Å². The Balaban J connectivity index is 2.79. The highest BCUT2D eigenvalue weighted by atomic mass is 19.1. The van der Waals surface area contributed by atoms with E-state index in [1.54, 1.807) is 12.1 Å². The van der Waals surface area contributed by atoms with E-state index in [0.29, 0.717) is 24.2 Å². The maximum absolute atomic E-state index is 14.0. The van der Waals surface area contributed by atoms with Crippen LogP contribution in [0.15, 0.2) is 18.2 Å². The van der Waals surface area contributed by atoms with Crippen LogP contribution in [0.2, 0.25) is 0 Å². The first-order valence-corrected chi connectivity index (χ1v) is 6.60. The summed E-state index contributed by atoms with van der Waals surface area (Å²) in [5.74, 6) is 4.78. The van der Waals surface area contributed by atoms with E-state index in [1.807, 2.05) is 18.7 Å². The first-order chi connectivity index (χ1) is 9.60. The van der Waals surface area contributed by atoms with Crippen molar-refractivity contribution in [2.45, 2.75) is 20.4 Å². The summed E-state index contributed by atoms with van der Waals surface area (Å²) in [6, 6.07) is 7.00. The third-order valence-electron chi connectivity index (χ3n) is 2.96. The Bertz CT molecular complexity index is 540. The lowest BCUT2D eigenvalue weighted by Crippen LogP contribution is -2.28. The molecular formula is C16H19FN2O. The molecule has 106 valence electrons. The first kappa shape index (κ1) is 16.2. The molecule has 1 atom stereocenters. The molecule has 0 aliphatic rings. The molecule has 0 radical (unpaired) electrons. The van der Waals surface area contributed by atoms with Gasteiger partial charge in [0.15, 0.2) is 0 Å². The van der Waals surface area contributed by atoms with Gasteiger partial charge in [-0.1, -0.05) is 24.8 Å². The summed E-state index contributed by atoms with van der Waals surface area (Å²) in [5, 5.41) is 17.4. The maximum Gasteiger partial charge on any atom is 0.128 e.